The summed E-state index contributed by atoms with van der Waals surface area (Å²) in [7, 11) is 0. The zero-order chi connectivity index (χ0) is 12.3. The lowest BCUT2D eigenvalue weighted by Crippen LogP contribution is -2.23. The number of rotatable bonds is 3. The highest BCUT2D eigenvalue weighted by molar-refractivity contribution is 6.29. The molecular weight excluding hydrogens is 249 g/mol. The molecule has 0 radical (unpaired) electrons. The zero-order valence-electron chi connectivity index (χ0n) is 7.68. The Hall–Kier alpha value is -1.57. The number of alkyl halides is 3. The smallest absolute Gasteiger partial charge is 0.368 e. The van der Waals surface area contributed by atoms with Crippen LogP contribution in [0.1, 0.15) is 5.82 Å². The molecule has 0 aromatic carbocycles. The molecule has 0 aliphatic rings. The Labute approximate surface area is 92.8 Å². The van der Waals surface area contributed by atoms with E-state index in [9.17, 15) is 18.0 Å². The highest BCUT2D eigenvalue weighted by Crippen LogP contribution is 2.28. The molecule has 1 rings (SSSR count). The predicted octanol–water partition coefficient (Wildman–Crippen LogP) is 1.05. The van der Waals surface area contributed by atoms with Gasteiger partial charge in [-0.1, -0.05) is 11.6 Å². The molecule has 0 saturated carbocycles. The van der Waals surface area contributed by atoms with Crippen LogP contribution < -0.4 is 11.1 Å². The first-order valence-corrected chi connectivity index (χ1v) is 4.31. The molecule has 0 unspecified atom stereocenters. The quantitative estimate of drug-likeness (QED) is 0.790. The Kier molecular flexibility index (Phi) is 3.53. The Morgan fingerprint density at radius 3 is 2.62 bits per heavy atom. The zero-order valence-corrected chi connectivity index (χ0v) is 8.43. The number of aromatic nitrogens is 2. The van der Waals surface area contributed by atoms with Gasteiger partial charge in [0.1, 0.15) is 11.0 Å². The number of hydrogen-bond donors (Lipinski definition) is 2. The second-order valence-corrected chi connectivity index (χ2v) is 3.10. The molecule has 0 spiro atoms. The lowest BCUT2D eigenvalue weighted by Gasteiger charge is -2.08. The fourth-order valence-corrected chi connectivity index (χ4v) is 0.996. The van der Waals surface area contributed by atoms with Gasteiger partial charge in [-0.25, -0.2) is 9.97 Å². The maximum atomic E-state index is 12.2. The van der Waals surface area contributed by atoms with E-state index in [1.165, 1.54) is 0 Å². The van der Waals surface area contributed by atoms with Crippen LogP contribution >= 0.6 is 11.6 Å². The second-order valence-electron chi connectivity index (χ2n) is 2.72. The molecule has 0 aliphatic heterocycles. The molecule has 0 fully saturated rings. The van der Waals surface area contributed by atoms with Crippen LogP contribution in [0.15, 0.2) is 6.07 Å². The number of amides is 1. The van der Waals surface area contributed by atoms with Crippen LogP contribution in [0.4, 0.5) is 19.0 Å². The van der Waals surface area contributed by atoms with Gasteiger partial charge in [0.25, 0.3) is 0 Å². The first-order valence-electron chi connectivity index (χ1n) is 3.93. The SMILES string of the molecule is NC(=O)CNc1cc(Cl)nc(C(F)(F)F)n1. The summed E-state index contributed by atoms with van der Waals surface area (Å²) in [5.41, 5.74) is 4.80. The Morgan fingerprint density at radius 2 is 2.12 bits per heavy atom. The molecule has 5 nitrogen and oxygen atoms in total. The van der Waals surface area contributed by atoms with Crippen LogP contribution in [-0.4, -0.2) is 22.4 Å². The number of halogens is 4. The van der Waals surface area contributed by atoms with Gasteiger partial charge in [-0.2, -0.15) is 13.2 Å². The van der Waals surface area contributed by atoms with Crippen LogP contribution in [0.25, 0.3) is 0 Å². The summed E-state index contributed by atoms with van der Waals surface area (Å²) in [6, 6.07) is 1.06. The number of carbonyl (C=O) groups is 1. The Morgan fingerprint density at radius 1 is 1.50 bits per heavy atom. The summed E-state index contributed by atoms with van der Waals surface area (Å²) < 4.78 is 36.7. The van der Waals surface area contributed by atoms with Gasteiger partial charge >= 0.3 is 6.18 Å². The third kappa shape index (κ3) is 3.54. The molecule has 0 atom stereocenters. The van der Waals surface area contributed by atoms with Gasteiger partial charge in [0.15, 0.2) is 0 Å². The van der Waals surface area contributed by atoms with Crippen LogP contribution in [0.3, 0.4) is 0 Å². The van der Waals surface area contributed by atoms with Crippen molar-refractivity contribution in [3.63, 3.8) is 0 Å². The summed E-state index contributed by atoms with van der Waals surface area (Å²) in [4.78, 5) is 16.5. The molecular formula is C7H6ClF3N4O. The molecule has 0 saturated heterocycles. The number of hydrogen-bond acceptors (Lipinski definition) is 4. The highest BCUT2D eigenvalue weighted by atomic mass is 35.5. The predicted molar refractivity (Wildman–Crippen MR) is 49.7 cm³/mol. The van der Waals surface area contributed by atoms with Crippen molar-refractivity contribution in [3.8, 4) is 0 Å². The minimum absolute atomic E-state index is 0.217. The normalized spacial score (nSPS) is 11.2. The first kappa shape index (κ1) is 12.5. The van der Waals surface area contributed by atoms with Gasteiger partial charge in [-0.3, -0.25) is 4.79 Å². The monoisotopic (exact) mass is 254 g/mol. The van der Waals surface area contributed by atoms with E-state index >= 15 is 0 Å². The van der Waals surface area contributed by atoms with Crippen molar-refractivity contribution in [1.82, 2.24) is 9.97 Å². The topological polar surface area (TPSA) is 80.9 Å². The van der Waals surface area contributed by atoms with E-state index in [0.717, 1.165) is 6.07 Å². The van der Waals surface area contributed by atoms with Crippen LogP contribution in [0, 0.1) is 0 Å². The molecule has 0 aliphatic carbocycles. The summed E-state index contributed by atoms with van der Waals surface area (Å²) in [5.74, 6) is -2.33. The average Bonchev–Trinajstić information content (AvgIpc) is 2.12. The largest absolute Gasteiger partial charge is 0.451 e. The standard InChI is InChI=1S/C7H6ClF3N4O/c8-3-1-5(13-2-4(12)16)15-6(14-3)7(9,10)11/h1H,2H2,(H2,12,16)(H,13,14,15). The molecule has 16 heavy (non-hydrogen) atoms. The van der Waals surface area contributed by atoms with E-state index in [-0.39, 0.29) is 17.5 Å². The van der Waals surface area contributed by atoms with Gasteiger partial charge in [0, 0.05) is 6.07 Å². The molecule has 3 N–H and O–H groups in total. The van der Waals surface area contributed by atoms with E-state index in [0.29, 0.717) is 0 Å². The maximum Gasteiger partial charge on any atom is 0.451 e. The number of anilines is 1. The van der Waals surface area contributed by atoms with Crippen molar-refractivity contribution < 1.29 is 18.0 Å². The third-order valence-corrected chi connectivity index (χ3v) is 1.59. The van der Waals surface area contributed by atoms with Crippen LogP contribution in [0.5, 0.6) is 0 Å². The summed E-state index contributed by atoms with van der Waals surface area (Å²) in [6.45, 7) is -0.343. The van der Waals surface area contributed by atoms with Crippen LogP contribution in [-0.2, 0) is 11.0 Å². The highest BCUT2D eigenvalue weighted by Gasteiger charge is 2.35. The van der Waals surface area contributed by atoms with E-state index < -0.39 is 17.9 Å². The minimum Gasteiger partial charge on any atom is -0.368 e. The molecule has 9 heteroatoms. The molecule has 1 heterocycles. The van der Waals surface area contributed by atoms with Gasteiger partial charge in [0.2, 0.25) is 11.7 Å². The molecule has 1 aromatic rings. The first-order chi connectivity index (χ1) is 7.29. The van der Waals surface area contributed by atoms with Gasteiger partial charge in [0.05, 0.1) is 6.54 Å². The number of primary amides is 1. The fraction of sp³-hybridized carbons (Fsp3) is 0.286. The number of nitrogens with zero attached hydrogens (tertiary/aromatic N) is 2. The molecule has 1 amide bonds. The fourth-order valence-electron chi connectivity index (χ4n) is 0.813. The number of nitrogens with two attached hydrogens (primary N) is 1. The van der Waals surface area contributed by atoms with Crippen molar-refractivity contribution in [1.29, 1.82) is 0 Å². The third-order valence-electron chi connectivity index (χ3n) is 1.39. The summed E-state index contributed by atoms with van der Waals surface area (Å²) in [5, 5.41) is 1.91. The molecule has 1 aromatic heterocycles. The van der Waals surface area contributed by atoms with Crippen molar-refractivity contribution in [2.45, 2.75) is 6.18 Å². The summed E-state index contributed by atoms with van der Waals surface area (Å²) in [6.07, 6.45) is -4.70. The minimum atomic E-state index is -4.70. The van der Waals surface area contributed by atoms with Crippen molar-refractivity contribution in [2.24, 2.45) is 5.73 Å². The maximum absolute atomic E-state index is 12.2. The van der Waals surface area contributed by atoms with E-state index in [1.807, 2.05) is 0 Å². The van der Waals surface area contributed by atoms with Crippen molar-refractivity contribution >= 4 is 23.3 Å². The van der Waals surface area contributed by atoms with Crippen molar-refractivity contribution in [3.05, 3.63) is 17.0 Å². The number of carbonyl (C=O) groups excluding carboxylic acids is 1. The average molecular weight is 255 g/mol. The molecule has 0 bridgehead atoms. The van der Waals surface area contributed by atoms with E-state index in [1.54, 1.807) is 0 Å². The number of nitrogens with one attached hydrogen (secondary N) is 1. The van der Waals surface area contributed by atoms with Gasteiger partial charge in [-0.15, -0.1) is 0 Å². The molecule has 88 valence electrons. The van der Waals surface area contributed by atoms with Crippen molar-refractivity contribution in [2.75, 3.05) is 11.9 Å². The lowest BCUT2D eigenvalue weighted by atomic mass is 10.5. The second kappa shape index (κ2) is 4.52. The lowest BCUT2D eigenvalue weighted by molar-refractivity contribution is -0.144. The Bertz CT molecular complexity index is 409. The Balaban J connectivity index is 2.94. The van der Waals surface area contributed by atoms with Gasteiger partial charge in [-0.05, 0) is 0 Å². The summed E-state index contributed by atoms with van der Waals surface area (Å²) >= 11 is 5.36. The van der Waals surface area contributed by atoms with Gasteiger partial charge < -0.3 is 11.1 Å². The van der Waals surface area contributed by atoms with Crippen LogP contribution in [0.2, 0.25) is 5.15 Å². The van der Waals surface area contributed by atoms with E-state index in [2.05, 4.69) is 15.3 Å². The van der Waals surface area contributed by atoms with E-state index in [4.69, 9.17) is 17.3 Å².